The Morgan fingerprint density at radius 3 is 2.52 bits per heavy atom. The van der Waals surface area contributed by atoms with Crippen molar-refractivity contribution in [3.05, 3.63) is 29.8 Å². The van der Waals surface area contributed by atoms with E-state index in [1.54, 1.807) is 7.11 Å². The number of carbonyl (C=O) groups is 1. The van der Waals surface area contributed by atoms with Crippen molar-refractivity contribution in [2.75, 3.05) is 12.9 Å². The van der Waals surface area contributed by atoms with E-state index in [1.807, 2.05) is 24.3 Å². The summed E-state index contributed by atoms with van der Waals surface area (Å²) in [5.41, 5.74) is 0.882. The Hall–Kier alpha value is -1.36. The molecule has 5 heteroatoms. The van der Waals surface area contributed by atoms with Crippen LogP contribution in [0.1, 0.15) is 50.5 Å². The number of benzene rings is 1. The zero-order valence-corrected chi connectivity index (χ0v) is 14.7. The van der Waals surface area contributed by atoms with Crippen LogP contribution in [-0.2, 0) is 21.3 Å². The summed E-state index contributed by atoms with van der Waals surface area (Å²) in [6, 6.07) is 7.77. The highest BCUT2D eigenvalue weighted by Crippen LogP contribution is 2.19. The van der Waals surface area contributed by atoms with Crippen LogP contribution >= 0.6 is 0 Å². The van der Waals surface area contributed by atoms with Crippen LogP contribution in [0, 0.1) is 0 Å². The number of hydrogen-bond acceptors (Lipinski definition) is 3. The summed E-state index contributed by atoms with van der Waals surface area (Å²) in [5.74, 6) is 1.04. The highest BCUT2D eigenvalue weighted by atomic mass is 32.2. The van der Waals surface area contributed by atoms with E-state index < -0.39 is 10.8 Å². The van der Waals surface area contributed by atoms with E-state index in [4.69, 9.17) is 4.74 Å². The fourth-order valence-corrected chi connectivity index (χ4v) is 4.13. The zero-order chi connectivity index (χ0) is 16.5. The average Bonchev–Trinajstić information content (AvgIpc) is 2.50. The van der Waals surface area contributed by atoms with Gasteiger partial charge in [-0.15, -0.1) is 0 Å². The maximum Gasteiger partial charge on any atom is 0.232 e. The summed E-state index contributed by atoms with van der Waals surface area (Å²) < 4.78 is 17.5. The first-order valence-corrected chi connectivity index (χ1v) is 9.94. The molecule has 0 bridgehead atoms. The molecule has 2 rings (SSSR count). The predicted octanol–water partition coefficient (Wildman–Crippen LogP) is 3.17. The lowest BCUT2D eigenvalue weighted by molar-refractivity contribution is -0.119. The minimum Gasteiger partial charge on any atom is -0.496 e. The van der Waals surface area contributed by atoms with Gasteiger partial charge in [-0.05, 0) is 18.9 Å². The topological polar surface area (TPSA) is 55.4 Å². The lowest BCUT2D eigenvalue weighted by atomic mass is 9.97. The maximum absolute atomic E-state index is 12.3. The van der Waals surface area contributed by atoms with E-state index in [-0.39, 0.29) is 17.7 Å². The van der Waals surface area contributed by atoms with Crippen molar-refractivity contribution < 1.29 is 13.7 Å². The largest absolute Gasteiger partial charge is 0.496 e. The van der Waals surface area contributed by atoms with Gasteiger partial charge in [0, 0.05) is 22.4 Å². The summed E-state index contributed by atoms with van der Waals surface area (Å²) in [6.07, 6.45) is 8.27. The third-order valence-electron chi connectivity index (χ3n) is 4.27. The Balaban J connectivity index is 1.80. The second kappa shape index (κ2) is 9.71. The first-order valence-electron chi connectivity index (χ1n) is 8.45. The van der Waals surface area contributed by atoms with Crippen LogP contribution in [-0.4, -0.2) is 29.0 Å². The molecular weight excluding hydrogens is 310 g/mol. The van der Waals surface area contributed by atoms with Gasteiger partial charge in [0.2, 0.25) is 5.91 Å². The van der Waals surface area contributed by atoms with E-state index in [9.17, 15) is 9.00 Å². The summed E-state index contributed by atoms with van der Waals surface area (Å²) in [6.45, 7) is 0. The minimum atomic E-state index is -1.22. The second-order valence-corrected chi connectivity index (χ2v) is 7.61. The third-order valence-corrected chi connectivity index (χ3v) is 5.49. The van der Waals surface area contributed by atoms with Gasteiger partial charge in [-0.25, -0.2) is 0 Å². The lowest BCUT2D eigenvalue weighted by Crippen LogP contribution is -2.38. The molecule has 1 fully saturated rings. The molecule has 1 aliphatic rings. The van der Waals surface area contributed by atoms with E-state index in [1.165, 1.54) is 32.1 Å². The van der Waals surface area contributed by atoms with Gasteiger partial charge in [-0.3, -0.25) is 9.00 Å². The molecule has 4 nitrogen and oxygen atoms in total. The Kier molecular flexibility index (Phi) is 7.59. The molecule has 1 aliphatic carbocycles. The highest BCUT2D eigenvalue weighted by molar-refractivity contribution is 7.84. The van der Waals surface area contributed by atoms with Gasteiger partial charge in [-0.1, -0.05) is 50.3 Å². The minimum absolute atomic E-state index is 0.0640. The number of nitrogens with one attached hydrogen (secondary N) is 1. The molecule has 1 aromatic rings. The molecular formula is C18H27NO3S. The number of carbonyl (C=O) groups excluding carboxylic acids is 1. The number of para-hydroxylation sites is 1. The van der Waals surface area contributed by atoms with Crippen molar-refractivity contribution in [3.8, 4) is 5.75 Å². The Labute approximate surface area is 141 Å². The molecule has 0 radical (unpaired) electrons. The van der Waals surface area contributed by atoms with E-state index in [0.29, 0.717) is 5.75 Å². The Morgan fingerprint density at radius 2 is 1.83 bits per heavy atom. The number of methoxy groups -OCH3 is 1. The molecule has 0 aromatic heterocycles. The van der Waals surface area contributed by atoms with Gasteiger partial charge in [0.1, 0.15) is 11.5 Å². The number of ether oxygens (including phenoxy) is 1. The fraction of sp³-hybridized carbons (Fsp3) is 0.611. The van der Waals surface area contributed by atoms with Crippen molar-refractivity contribution in [3.63, 3.8) is 0 Å². The predicted molar refractivity (Wildman–Crippen MR) is 94.0 cm³/mol. The highest BCUT2D eigenvalue weighted by Gasteiger charge is 2.16. The molecule has 23 heavy (non-hydrogen) atoms. The van der Waals surface area contributed by atoms with E-state index >= 15 is 0 Å². The van der Waals surface area contributed by atoms with Crippen LogP contribution in [0.5, 0.6) is 5.75 Å². The van der Waals surface area contributed by atoms with E-state index in [2.05, 4.69) is 5.32 Å². The van der Waals surface area contributed by atoms with Crippen LogP contribution in [0.15, 0.2) is 24.3 Å². The summed E-state index contributed by atoms with van der Waals surface area (Å²) in [7, 11) is 0.383. The van der Waals surface area contributed by atoms with Gasteiger partial charge < -0.3 is 10.1 Å². The average molecular weight is 337 g/mol. The maximum atomic E-state index is 12.3. The lowest BCUT2D eigenvalue weighted by Gasteiger charge is -2.21. The molecule has 0 spiro atoms. The second-order valence-electron chi connectivity index (χ2n) is 6.15. The van der Waals surface area contributed by atoms with Crippen LogP contribution < -0.4 is 10.1 Å². The molecule has 0 heterocycles. The van der Waals surface area contributed by atoms with Crippen molar-refractivity contribution in [1.82, 2.24) is 5.32 Å². The van der Waals surface area contributed by atoms with Gasteiger partial charge >= 0.3 is 0 Å². The Bertz CT molecular complexity index is 525. The SMILES string of the molecule is COc1ccccc1C[S@](=O)CC(=O)NC1CCCCCCC1. The van der Waals surface area contributed by atoms with Crippen LogP contribution in [0.25, 0.3) is 0 Å². The quantitative estimate of drug-likeness (QED) is 0.867. The third kappa shape index (κ3) is 6.34. The molecule has 1 aromatic carbocycles. The van der Waals surface area contributed by atoms with Crippen molar-refractivity contribution in [2.24, 2.45) is 0 Å². The van der Waals surface area contributed by atoms with Crippen molar-refractivity contribution >= 4 is 16.7 Å². The smallest absolute Gasteiger partial charge is 0.232 e. The van der Waals surface area contributed by atoms with Gasteiger partial charge in [0.15, 0.2) is 0 Å². The van der Waals surface area contributed by atoms with Gasteiger partial charge in [0.05, 0.1) is 12.9 Å². The zero-order valence-electron chi connectivity index (χ0n) is 13.9. The molecule has 1 amide bonds. The number of rotatable bonds is 6. The first-order chi connectivity index (χ1) is 11.2. The van der Waals surface area contributed by atoms with Crippen LogP contribution in [0.3, 0.4) is 0 Å². The summed E-state index contributed by atoms with van der Waals surface area (Å²) >= 11 is 0. The van der Waals surface area contributed by atoms with Crippen molar-refractivity contribution in [2.45, 2.75) is 56.7 Å². The van der Waals surface area contributed by atoms with Crippen LogP contribution in [0.4, 0.5) is 0 Å². The molecule has 128 valence electrons. The summed E-state index contributed by atoms with van der Waals surface area (Å²) in [5, 5.41) is 3.07. The molecule has 0 aliphatic heterocycles. The molecule has 1 saturated carbocycles. The molecule has 1 N–H and O–H groups in total. The molecule has 0 saturated heterocycles. The Morgan fingerprint density at radius 1 is 1.17 bits per heavy atom. The van der Waals surface area contributed by atoms with Crippen molar-refractivity contribution in [1.29, 1.82) is 0 Å². The number of amides is 1. The summed E-state index contributed by atoms with van der Waals surface area (Å²) in [4.78, 5) is 12.1. The standard InChI is InChI=1S/C18H27NO3S/c1-22-17-12-8-7-9-15(17)13-23(21)14-18(20)19-16-10-5-3-2-4-6-11-16/h7-9,12,16H,2-6,10-11,13-14H2,1H3,(H,19,20)/t23-/m0/s1. The van der Waals surface area contributed by atoms with Gasteiger partial charge in [0.25, 0.3) is 0 Å². The fourth-order valence-electron chi connectivity index (χ4n) is 3.06. The normalized spacial score (nSPS) is 17.8. The van der Waals surface area contributed by atoms with Gasteiger partial charge in [-0.2, -0.15) is 0 Å². The monoisotopic (exact) mass is 337 g/mol. The molecule has 0 unspecified atom stereocenters. The number of hydrogen-bond donors (Lipinski definition) is 1. The van der Waals surface area contributed by atoms with E-state index in [0.717, 1.165) is 24.2 Å². The first kappa shape index (κ1) is 18.0. The molecule has 1 atom stereocenters. The van der Waals surface area contributed by atoms with Crippen LogP contribution in [0.2, 0.25) is 0 Å².